The summed E-state index contributed by atoms with van der Waals surface area (Å²) < 4.78 is 11.0. The summed E-state index contributed by atoms with van der Waals surface area (Å²) in [5.41, 5.74) is 14.5. The molecule has 5 N–H and O–H groups in total. The highest BCUT2D eigenvalue weighted by Gasteiger charge is 2.05. The van der Waals surface area contributed by atoms with Crippen LogP contribution in [0, 0.1) is 0 Å². The molecule has 5 nitrogen and oxygen atoms in total. The van der Waals surface area contributed by atoms with Gasteiger partial charge in [0.25, 0.3) is 0 Å². The number of nitrogens with two attached hydrogens (primary N) is 2. The average molecular weight is 287 g/mol. The van der Waals surface area contributed by atoms with Gasteiger partial charge in [-0.2, -0.15) is 0 Å². The molecule has 112 valence electrons. The highest BCUT2D eigenvalue weighted by molar-refractivity contribution is 5.77. The van der Waals surface area contributed by atoms with E-state index in [0.717, 1.165) is 17.1 Å². The fourth-order valence-electron chi connectivity index (χ4n) is 1.89. The number of benzene rings is 2. The van der Waals surface area contributed by atoms with E-state index in [-0.39, 0.29) is 0 Å². The fourth-order valence-corrected chi connectivity index (χ4v) is 1.89. The van der Waals surface area contributed by atoms with Gasteiger partial charge in [-0.1, -0.05) is 12.1 Å². The lowest BCUT2D eigenvalue weighted by Crippen LogP contribution is -2.07. The summed E-state index contributed by atoms with van der Waals surface area (Å²) in [6, 6.07) is 13.1. The molecule has 0 radical (unpaired) electrons. The molecule has 0 saturated carbocycles. The first-order valence-corrected chi connectivity index (χ1v) is 6.92. The molecule has 2 rings (SSSR count). The highest BCUT2D eigenvalue weighted by Crippen LogP contribution is 2.30. The van der Waals surface area contributed by atoms with Gasteiger partial charge in [-0.3, -0.25) is 0 Å². The zero-order valence-electron chi connectivity index (χ0n) is 12.1. The summed E-state index contributed by atoms with van der Waals surface area (Å²) in [5.74, 6) is 0.758. The Hall–Kier alpha value is -2.40. The maximum atomic E-state index is 5.96. The van der Waals surface area contributed by atoms with Crippen molar-refractivity contribution in [3.63, 3.8) is 0 Å². The second kappa shape index (κ2) is 7.40. The summed E-state index contributed by atoms with van der Waals surface area (Å²) >= 11 is 0. The number of hydrogen-bond acceptors (Lipinski definition) is 5. The van der Waals surface area contributed by atoms with Crippen LogP contribution in [0.2, 0.25) is 0 Å². The molecule has 0 heterocycles. The molecule has 0 aliphatic heterocycles. The molecule has 2 aromatic rings. The lowest BCUT2D eigenvalue weighted by molar-refractivity contribution is 0.110. The molecule has 0 saturated heterocycles. The summed E-state index contributed by atoms with van der Waals surface area (Å²) in [5, 5.41) is 3.26. The molecule has 0 spiro atoms. The number of ether oxygens (including phenoxy) is 2. The number of rotatable bonds is 7. The van der Waals surface area contributed by atoms with Crippen LogP contribution in [0.3, 0.4) is 0 Å². The molecule has 0 fully saturated rings. The quantitative estimate of drug-likeness (QED) is 0.538. The Morgan fingerprint density at radius 3 is 2.57 bits per heavy atom. The molecule has 0 amide bonds. The summed E-state index contributed by atoms with van der Waals surface area (Å²) in [4.78, 5) is 0. The summed E-state index contributed by atoms with van der Waals surface area (Å²) in [6.45, 7) is 3.71. The highest BCUT2D eigenvalue weighted by atomic mass is 16.5. The second-order valence-corrected chi connectivity index (χ2v) is 4.51. The van der Waals surface area contributed by atoms with Crippen molar-refractivity contribution in [2.45, 2.75) is 6.92 Å². The molecule has 0 bridgehead atoms. The number of hydrogen-bond donors (Lipinski definition) is 3. The lowest BCUT2D eigenvalue weighted by atomic mass is 10.2. The van der Waals surface area contributed by atoms with Crippen molar-refractivity contribution in [1.29, 1.82) is 0 Å². The third-order valence-corrected chi connectivity index (χ3v) is 2.92. The van der Waals surface area contributed by atoms with E-state index < -0.39 is 0 Å². The molecular formula is C16H21N3O2. The monoisotopic (exact) mass is 287 g/mol. The standard InChI is InChI=1S/C16H21N3O2/c1-2-20-9-10-21-16-6-4-3-5-15(16)19-14-8-7-12(17)11-13(14)18/h3-8,11,19H,2,9-10,17-18H2,1H3. The number of anilines is 4. The van der Waals surface area contributed by atoms with Crippen molar-refractivity contribution < 1.29 is 9.47 Å². The van der Waals surface area contributed by atoms with Crippen LogP contribution >= 0.6 is 0 Å². The maximum absolute atomic E-state index is 5.96. The first-order chi connectivity index (χ1) is 10.2. The van der Waals surface area contributed by atoms with Crippen LogP contribution in [0.4, 0.5) is 22.7 Å². The molecular weight excluding hydrogens is 266 g/mol. The van der Waals surface area contributed by atoms with E-state index in [1.807, 2.05) is 37.3 Å². The van der Waals surface area contributed by atoms with Gasteiger partial charge in [0.1, 0.15) is 12.4 Å². The van der Waals surface area contributed by atoms with Crippen molar-refractivity contribution in [3.8, 4) is 5.75 Å². The van der Waals surface area contributed by atoms with E-state index in [1.54, 1.807) is 12.1 Å². The molecule has 2 aromatic carbocycles. The van der Waals surface area contributed by atoms with Gasteiger partial charge in [-0.05, 0) is 37.3 Å². The second-order valence-electron chi connectivity index (χ2n) is 4.51. The topological polar surface area (TPSA) is 82.5 Å². The molecule has 21 heavy (non-hydrogen) atoms. The molecule has 0 aliphatic rings. The van der Waals surface area contributed by atoms with Crippen molar-refractivity contribution in [2.75, 3.05) is 36.6 Å². The van der Waals surface area contributed by atoms with Crippen LogP contribution in [0.1, 0.15) is 6.92 Å². The zero-order valence-corrected chi connectivity index (χ0v) is 12.1. The van der Waals surface area contributed by atoms with Crippen LogP contribution in [0.25, 0.3) is 0 Å². The van der Waals surface area contributed by atoms with Gasteiger partial charge in [0.2, 0.25) is 0 Å². The smallest absolute Gasteiger partial charge is 0.142 e. The van der Waals surface area contributed by atoms with Gasteiger partial charge in [0, 0.05) is 12.3 Å². The maximum Gasteiger partial charge on any atom is 0.142 e. The van der Waals surface area contributed by atoms with E-state index in [0.29, 0.717) is 31.2 Å². The third kappa shape index (κ3) is 4.29. The van der Waals surface area contributed by atoms with E-state index in [9.17, 15) is 0 Å². The van der Waals surface area contributed by atoms with Gasteiger partial charge in [0.05, 0.1) is 23.7 Å². The van der Waals surface area contributed by atoms with Crippen LogP contribution in [-0.4, -0.2) is 19.8 Å². The Kier molecular flexibility index (Phi) is 5.29. The predicted molar refractivity (Wildman–Crippen MR) is 87.0 cm³/mol. The Morgan fingerprint density at radius 1 is 1.00 bits per heavy atom. The van der Waals surface area contributed by atoms with Crippen molar-refractivity contribution in [3.05, 3.63) is 42.5 Å². The van der Waals surface area contributed by atoms with Gasteiger partial charge in [-0.25, -0.2) is 0 Å². The Morgan fingerprint density at radius 2 is 1.81 bits per heavy atom. The van der Waals surface area contributed by atoms with Crippen LogP contribution in [0.15, 0.2) is 42.5 Å². The fraction of sp³-hybridized carbons (Fsp3) is 0.250. The van der Waals surface area contributed by atoms with E-state index >= 15 is 0 Å². The SMILES string of the molecule is CCOCCOc1ccccc1Nc1ccc(N)cc1N. The first-order valence-electron chi connectivity index (χ1n) is 6.92. The summed E-state index contributed by atoms with van der Waals surface area (Å²) in [7, 11) is 0. The molecule has 0 unspecified atom stereocenters. The normalized spacial score (nSPS) is 10.3. The predicted octanol–water partition coefficient (Wildman–Crippen LogP) is 3.01. The third-order valence-electron chi connectivity index (χ3n) is 2.92. The van der Waals surface area contributed by atoms with E-state index in [2.05, 4.69) is 5.32 Å². The Bertz CT molecular complexity index is 587. The molecule has 0 aliphatic carbocycles. The molecule has 0 aromatic heterocycles. The van der Waals surface area contributed by atoms with Crippen molar-refractivity contribution >= 4 is 22.7 Å². The van der Waals surface area contributed by atoms with Crippen LogP contribution < -0.4 is 21.5 Å². The minimum atomic E-state index is 0.504. The Labute approximate surface area is 124 Å². The van der Waals surface area contributed by atoms with Crippen LogP contribution in [0.5, 0.6) is 5.75 Å². The van der Waals surface area contributed by atoms with Gasteiger partial charge in [-0.15, -0.1) is 0 Å². The Balaban J connectivity index is 2.08. The molecule has 5 heteroatoms. The number of nitrogens with one attached hydrogen (secondary N) is 1. The number of para-hydroxylation sites is 2. The minimum Gasteiger partial charge on any atom is -0.489 e. The van der Waals surface area contributed by atoms with Crippen molar-refractivity contribution in [1.82, 2.24) is 0 Å². The van der Waals surface area contributed by atoms with Gasteiger partial charge in [0.15, 0.2) is 0 Å². The van der Waals surface area contributed by atoms with Gasteiger partial charge >= 0.3 is 0 Å². The number of nitrogen functional groups attached to an aromatic ring is 2. The molecule has 0 atom stereocenters. The van der Waals surface area contributed by atoms with Gasteiger partial charge < -0.3 is 26.3 Å². The lowest BCUT2D eigenvalue weighted by Gasteiger charge is -2.14. The van der Waals surface area contributed by atoms with E-state index in [4.69, 9.17) is 20.9 Å². The minimum absolute atomic E-state index is 0.504. The van der Waals surface area contributed by atoms with Crippen molar-refractivity contribution in [2.24, 2.45) is 0 Å². The van der Waals surface area contributed by atoms with E-state index in [1.165, 1.54) is 0 Å². The first kappa shape index (κ1) is 15.0. The largest absolute Gasteiger partial charge is 0.489 e. The summed E-state index contributed by atoms with van der Waals surface area (Å²) in [6.07, 6.45) is 0. The van der Waals surface area contributed by atoms with Crippen LogP contribution in [-0.2, 0) is 4.74 Å². The average Bonchev–Trinajstić information content (AvgIpc) is 2.48. The zero-order chi connectivity index (χ0) is 15.1.